The highest BCUT2D eigenvalue weighted by molar-refractivity contribution is 7.09. The molecule has 0 unspecified atom stereocenters. The van der Waals surface area contributed by atoms with Crippen molar-refractivity contribution < 1.29 is 0 Å². The standard InChI is InChI=1S/C17H15N3S/c1-17(2,16-19-9-10-21-16)20-15-8-7-12(11-18)13-5-3-4-6-14(13)15/h3-10,20H,1-2H3. The summed E-state index contributed by atoms with van der Waals surface area (Å²) in [5.41, 5.74) is 1.46. The van der Waals surface area contributed by atoms with Gasteiger partial charge in [0.25, 0.3) is 0 Å². The van der Waals surface area contributed by atoms with Crippen LogP contribution in [0.3, 0.4) is 0 Å². The van der Waals surface area contributed by atoms with Gasteiger partial charge in [-0.1, -0.05) is 24.3 Å². The highest BCUT2D eigenvalue weighted by Gasteiger charge is 2.23. The lowest BCUT2D eigenvalue weighted by Gasteiger charge is -2.26. The van der Waals surface area contributed by atoms with E-state index in [2.05, 4.69) is 30.2 Å². The molecule has 4 heteroatoms. The number of nitriles is 1. The first kappa shape index (κ1) is 13.6. The van der Waals surface area contributed by atoms with E-state index in [1.54, 1.807) is 11.3 Å². The molecule has 1 N–H and O–H groups in total. The first-order valence-corrected chi connectivity index (χ1v) is 7.60. The van der Waals surface area contributed by atoms with E-state index in [9.17, 15) is 5.26 Å². The average molecular weight is 293 g/mol. The molecule has 0 atom stereocenters. The van der Waals surface area contributed by atoms with Gasteiger partial charge in [-0.15, -0.1) is 11.3 Å². The Labute approximate surface area is 127 Å². The van der Waals surface area contributed by atoms with E-state index in [0.717, 1.165) is 21.5 Å². The lowest BCUT2D eigenvalue weighted by Crippen LogP contribution is -2.27. The highest BCUT2D eigenvalue weighted by atomic mass is 32.1. The summed E-state index contributed by atoms with van der Waals surface area (Å²) in [5, 5.41) is 17.8. The molecule has 0 aliphatic carbocycles. The summed E-state index contributed by atoms with van der Waals surface area (Å²) in [5.74, 6) is 0. The molecule has 3 aromatic rings. The van der Waals surface area contributed by atoms with Gasteiger partial charge in [0, 0.05) is 28.0 Å². The number of hydrogen-bond donors (Lipinski definition) is 1. The monoisotopic (exact) mass is 293 g/mol. The summed E-state index contributed by atoms with van der Waals surface area (Å²) in [6.07, 6.45) is 1.82. The zero-order valence-corrected chi connectivity index (χ0v) is 12.7. The first-order chi connectivity index (χ1) is 10.1. The van der Waals surface area contributed by atoms with Crippen molar-refractivity contribution in [2.45, 2.75) is 19.4 Å². The molecule has 21 heavy (non-hydrogen) atoms. The van der Waals surface area contributed by atoms with Crippen LogP contribution >= 0.6 is 11.3 Å². The Balaban J connectivity index is 2.08. The highest BCUT2D eigenvalue weighted by Crippen LogP contribution is 2.32. The molecule has 0 spiro atoms. The number of benzene rings is 2. The van der Waals surface area contributed by atoms with E-state index in [0.29, 0.717) is 5.56 Å². The van der Waals surface area contributed by atoms with Crippen LogP contribution in [0.1, 0.15) is 24.4 Å². The van der Waals surface area contributed by atoms with Crippen LogP contribution in [0, 0.1) is 11.3 Å². The number of aromatic nitrogens is 1. The molecular weight excluding hydrogens is 278 g/mol. The van der Waals surface area contributed by atoms with Crippen LogP contribution in [-0.2, 0) is 5.54 Å². The van der Waals surface area contributed by atoms with Crippen LogP contribution in [-0.4, -0.2) is 4.98 Å². The zero-order chi connectivity index (χ0) is 14.9. The minimum absolute atomic E-state index is 0.259. The Morgan fingerprint density at radius 2 is 1.90 bits per heavy atom. The summed E-state index contributed by atoms with van der Waals surface area (Å²) in [6, 6.07) is 14.0. The molecule has 0 amide bonds. The quantitative estimate of drug-likeness (QED) is 0.772. The molecule has 0 bridgehead atoms. The van der Waals surface area contributed by atoms with Crippen LogP contribution in [0.5, 0.6) is 0 Å². The minimum Gasteiger partial charge on any atom is -0.373 e. The summed E-state index contributed by atoms with van der Waals surface area (Å²) in [6.45, 7) is 4.22. The fraction of sp³-hybridized carbons (Fsp3) is 0.176. The molecule has 0 saturated carbocycles. The molecule has 0 saturated heterocycles. The molecule has 0 aliphatic rings. The zero-order valence-electron chi connectivity index (χ0n) is 11.9. The fourth-order valence-corrected chi connectivity index (χ4v) is 3.15. The van der Waals surface area contributed by atoms with Crippen LogP contribution < -0.4 is 5.32 Å². The van der Waals surface area contributed by atoms with Crippen molar-refractivity contribution in [3.63, 3.8) is 0 Å². The number of nitrogens with zero attached hydrogens (tertiary/aromatic N) is 2. The van der Waals surface area contributed by atoms with Crippen LogP contribution in [0.4, 0.5) is 5.69 Å². The van der Waals surface area contributed by atoms with E-state index < -0.39 is 0 Å². The largest absolute Gasteiger partial charge is 0.373 e. The van der Waals surface area contributed by atoms with Crippen LogP contribution in [0.2, 0.25) is 0 Å². The van der Waals surface area contributed by atoms with Gasteiger partial charge in [0.2, 0.25) is 0 Å². The molecule has 0 fully saturated rings. The third kappa shape index (κ3) is 2.48. The maximum atomic E-state index is 9.23. The van der Waals surface area contributed by atoms with Gasteiger partial charge in [0.05, 0.1) is 17.2 Å². The van der Waals surface area contributed by atoms with Gasteiger partial charge in [-0.2, -0.15) is 5.26 Å². The van der Waals surface area contributed by atoms with Crippen molar-refractivity contribution in [1.82, 2.24) is 4.98 Å². The number of rotatable bonds is 3. The predicted octanol–water partition coefficient (Wildman–Crippen LogP) is 4.52. The van der Waals surface area contributed by atoms with Gasteiger partial charge in [0.15, 0.2) is 0 Å². The van der Waals surface area contributed by atoms with E-state index in [-0.39, 0.29) is 5.54 Å². The van der Waals surface area contributed by atoms with E-state index in [1.165, 1.54) is 0 Å². The van der Waals surface area contributed by atoms with Crippen molar-refractivity contribution in [2.24, 2.45) is 0 Å². The first-order valence-electron chi connectivity index (χ1n) is 6.72. The Morgan fingerprint density at radius 3 is 2.57 bits per heavy atom. The molecule has 0 aliphatic heterocycles. The third-order valence-electron chi connectivity index (χ3n) is 3.46. The maximum absolute atomic E-state index is 9.23. The average Bonchev–Trinajstić information content (AvgIpc) is 3.02. The Bertz CT molecular complexity index is 814. The van der Waals surface area contributed by atoms with Crippen LogP contribution in [0.25, 0.3) is 10.8 Å². The van der Waals surface area contributed by atoms with Crippen molar-refractivity contribution >= 4 is 27.8 Å². The molecule has 1 heterocycles. The molecule has 3 nitrogen and oxygen atoms in total. The van der Waals surface area contributed by atoms with Crippen molar-refractivity contribution in [3.05, 3.63) is 58.5 Å². The second kappa shape index (κ2) is 5.19. The van der Waals surface area contributed by atoms with Crippen molar-refractivity contribution in [2.75, 3.05) is 5.32 Å². The molecule has 2 aromatic carbocycles. The third-order valence-corrected chi connectivity index (χ3v) is 4.56. The van der Waals surface area contributed by atoms with E-state index >= 15 is 0 Å². The Morgan fingerprint density at radius 1 is 1.14 bits per heavy atom. The maximum Gasteiger partial charge on any atom is 0.117 e. The van der Waals surface area contributed by atoms with Gasteiger partial charge >= 0.3 is 0 Å². The molecule has 1 aromatic heterocycles. The summed E-state index contributed by atoms with van der Waals surface area (Å²) in [7, 11) is 0. The second-order valence-corrected chi connectivity index (χ2v) is 6.30. The summed E-state index contributed by atoms with van der Waals surface area (Å²) < 4.78 is 0. The SMILES string of the molecule is CC(C)(Nc1ccc(C#N)c2ccccc12)c1nccs1. The molecular formula is C17H15N3S. The lowest BCUT2D eigenvalue weighted by molar-refractivity contribution is 0.605. The molecule has 3 rings (SSSR count). The number of anilines is 1. The second-order valence-electron chi connectivity index (χ2n) is 5.41. The number of hydrogen-bond acceptors (Lipinski definition) is 4. The topological polar surface area (TPSA) is 48.7 Å². The Kier molecular flexibility index (Phi) is 3.36. The van der Waals surface area contributed by atoms with Gasteiger partial charge in [0.1, 0.15) is 5.01 Å². The number of thiazole rings is 1. The normalized spacial score (nSPS) is 11.3. The predicted molar refractivity (Wildman–Crippen MR) is 87.4 cm³/mol. The number of nitrogens with one attached hydrogen (secondary N) is 1. The Hall–Kier alpha value is -2.38. The van der Waals surface area contributed by atoms with Gasteiger partial charge < -0.3 is 5.32 Å². The van der Waals surface area contributed by atoms with Gasteiger partial charge in [-0.3, -0.25) is 0 Å². The molecule has 104 valence electrons. The number of fused-ring (bicyclic) bond motifs is 1. The fourth-order valence-electron chi connectivity index (χ4n) is 2.43. The van der Waals surface area contributed by atoms with Crippen molar-refractivity contribution in [3.8, 4) is 6.07 Å². The van der Waals surface area contributed by atoms with Crippen LogP contribution in [0.15, 0.2) is 48.0 Å². The van der Waals surface area contributed by atoms with E-state index in [4.69, 9.17) is 0 Å². The summed E-state index contributed by atoms with van der Waals surface area (Å²) in [4.78, 5) is 4.40. The van der Waals surface area contributed by atoms with Crippen molar-refractivity contribution in [1.29, 1.82) is 5.26 Å². The van der Waals surface area contributed by atoms with Gasteiger partial charge in [-0.25, -0.2) is 4.98 Å². The summed E-state index contributed by atoms with van der Waals surface area (Å²) >= 11 is 1.64. The van der Waals surface area contributed by atoms with E-state index in [1.807, 2.05) is 48.0 Å². The van der Waals surface area contributed by atoms with Gasteiger partial charge in [-0.05, 0) is 26.0 Å². The lowest BCUT2D eigenvalue weighted by atomic mass is 10.0. The minimum atomic E-state index is -0.259. The molecule has 0 radical (unpaired) electrons. The smallest absolute Gasteiger partial charge is 0.117 e.